The van der Waals surface area contributed by atoms with Gasteiger partial charge in [-0.05, 0) is 31.5 Å². The second kappa shape index (κ2) is 6.35. The summed E-state index contributed by atoms with van der Waals surface area (Å²) in [6.45, 7) is 7.02. The second-order valence-electron chi connectivity index (χ2n) is 5.54. The molecule has 0 saturated carbocycles. The van der Waals surface area contributed by atoms with Crippen molar-refractivity contribution in [2.45, 2.75) is 32.2 Å². The van der Waals surface area contributed by atoms with Gasteiger partial charge in [0.1, 0.15) is 0 Å². The van der Waals surface area contributed by atoms with Gasteiger partial charge in [0.25, 0.3) is 0 Å². The summed E-state index contributed by atoms with van der Waals surface area (Å²) in [5.74, 6) is 1.77. The predicted molar refractivity (Wildman–Crippen MR) is 81.0 cm³/mol. The minimum Gasteiger partial charge on any atom is -0.490 e. The van der Waals surface area contributed by atoms with Crippen molar-refractivity contribution in [1.82, 2.24) is 5.32 Å². The molecule has 0 spiro atoms. The molecule has 20 heavy (non-hydrogen) atoms. The van der Waals surface area contributed by atoms with Crippen molar-refractivity contribution < 1.29 is 9.47 Å². The minimum absolute atomic E-state index is 0.577. The quantitative estimate of drug-likeness (QED) is 0.899. The standard InChI is InChI=1S/C16H24N2O2/c1-2-13-12-18(8-3-7-17-13)14-5-6-15-16(11-14)20-10-4-9-19-15/h5-6,11,13,17H,2-4,7-10,12H2,1H3. The van der Waals surface area contributed by atoms with E-state index in [2.05, 4.69) is 35.3 Å². The largest absolute Gasteiger partial charge is 0.490 e. The van der Waals surface area contributed by atoms with Gasteiger partial charge in [-0.2, -0.15) is 0 Å². The van der Waals surface area contributed by atoms with Crippen LogP contribution in [0.15, 0.2) is 18.2 Å². The van der Waals surface area contributed by atoms with Crippen LogP contribution >= 0.6 is 0 Å². The first kappa shape index (κ1) is 13.6. The van der Waals surface area contributed by atoms with Crippen LogP contribution in [0, 0.1) is 0 Å². The lowest BCUT2D eigenvalue weighted by Crippen LogP contribution is -2.37. The molecule has 2 aliphatic heterocycles. The molecule has 0 amide bonds. The number of ether oxygens (including phenoxy) is 2. The highest BCUT2D eigenvalue weighted by molar-refractivity contribution is 5.56. The molecule has 4 nitrogen and oxygen atoms in total. The Kier molecular flexibility index (Phi) is 4.31. The molecule has 1 N–H and O–H groups in total. The van der Waals surface area contributed by atoms with E-state index in [1.54, 1.807) is 0 Å². The second-order valence-corrected chi connectivity index (χ2v) is 5.54. The molecule has 2 heterocycles. The first-order chi connectivity index (χ1) is 9.86. The molecule has 1 atom stereocenters. The number of nitrogens with one attached hydrogen (secondary N) is 1. The van der Waals surface area contributed by atoms with Gasteiger partial charge in [0.15, 0.2) is 11.5 Å². The molecule has 0 aromatic heterocycles. The van der Waals surface area contributed by atoms with Crippen molar-refractivity contribution in [3.63, 3.8) is 0 Å². The van der Waals surface area contributed by atoms with E-state index in [0.29, 0.717) is 6.04 Å². The maximum absolute atomic E-state index is 5.80. The third kappa shape index (κ3) is 3.01. The maximum atomic E-state index is 5.80. The van der Waals surface area contributed by atoms with Crippen molar-refractivity contribution in [2.24, 2.45) is 0 Å². The van der Waals surface area contributed by atoms with Crippen molar-refractivity contribution in [3.8, 4) is 11.5 Å². The number of hydrogen-bond acceptors (Lipinski definition) is 4. The molecule has 0 radical (unpaired) electrons. The predicted octanol–water partition coefficient (Wildman–Crippen LogP) is 2.43. The van der Waals surface area contributed by atoms with Crippen molar-refractivity contribution in [2.75, 3.05) is 37.7 Å². The van der Waals surface area contributed by atoms with Gasteiger partial charge >= 0.3 is 0 Å². The molecule has 2 aliphatic rings. The van der Waals surface area contributed by atoms with E-state index in [1.165, 1.54) is 18.5 Å². The van der Waals surface area contributed by atoms with E-state index >= 15 is 0 Å². The number of anilines is 1. The van der Waals surface area contributed by atoms with E-state index in [4.69, 9.17) is 9.47 Å². The van der Waals surface area contributed by atoms with Crippen LogP contribution in [0.4, 0.5) is 5.69 Å². The number of fused-ring (bicyclic) bond motifs is 1. The summed E-state index contributed by atoms with van der Waals surface area (Å²) in [5, 5.41) is 3.61. The lowest BCUT2D eigenvalue weighted by atomic mass is 10.2. The molecule has 3 rings (SSSR count). The lowest BCUT2D eigenvalue weighted by Gasteiger charge is -2.26. The molecule has 4 heteroatoms. The van der Waals surface area contributed by atoms with Gasteiger partial charge in [-0.1, -0.05) is 6.92 Å². The summed E-state index contributed by atoms with van der Waals surface area (Å²) in [6.07, 6.45) is 3.31. The van der Waals surface area contributed by atoms with Crippen molar-refractivity contribution >= 4 is 5.69 Å². The Bertz CT molecular complexity index is 450. The minimum atomic E-state index is 0.577. The third-order valence-electron chi connectivity index (χ3n) is 4.07. The molecule has 0 aliphatic carbocycles. The Morgan fingerprint density at radius 2 is 2.05 bits per heavy atom. The van der Waals surface area contributed by atoms with Gasteiger partial charge in [-0.25, -0.2) is 0 Å². The first-order valence-electron chi connectivity index (χ1n) is 7.75. The Morgan fingerprint density at radius 1 is 1.20 bits per heavy atom. The van der Waals surface area contributed by atoms with Crippen molar-refractivity contribution in [3.05, 3.63) is 18.2 Å². The Labute approximate surface area is 121 Å². The van der Waals surface area contributed by atoms with Crippen LogP contribution in [0.1, 0.15) is 26.2 Å². The molecule has 1 saturated heterocycles. The maximum Gasteiger partial charge on any atom is 0.163 e. The number of benzene rings is 1. The summed E-state index contributed by atoms with van der Waals surface area (Å²) >= 11 is 0. The van der Waals surface area contributed by atoms with E-state index < -0.39 is 0 Å². The fourth-order valence-electron chi connectivity index (χ4n) is 2.85. The molecule has 1 unspecified atom stereocenters. The van der Waals surface area contributed by atoms with Crippen LogP contribution < -0.4 is 19.7 Å². The normalized spacial score (nSPS) is 23.1. The average molecular weight is 276 g/mol. The number of nitrogens with zero attached hydrogens (tertiary/aromatic N) is 1. The molecule has 0 bridgehead atoms. The molecule has 1 fully saturated rings. The van der Waals surface area contributed by atoms with E-state index in [9.17, 15) is 0 Å². The zero-order valence-electron chi connectivity index (χ0n) is 12.2. The van der Waals surface area contributed by atoms with E-state index in [-0.39, 0.29) is 0 Å². The average Bonchev–Trinajstić information content (AvgIpc) is 2.86. The highest BCUT2D eigenvalue weighted by Crippen LogP contribution is 2.34. The van der Waals surface area contributed by atoms with E-state index in [1.807, 2.05) is 0 Å². The summed E-state index contributed by atoms with van der Waals surface area (Å²) in [4.78, 5) is 2.46. The van der Waals surface area contributed by atoms with Crippen LogP contribution in [-0.4, -0.2) is 38.9 Å². The summed E-state index contributed by atoms with van der Waals surface area (Å²) in [5.41, 5.74) is 1.25. The molecule has 1 aromatic carbocycles. The Morgan fingerprint density at radius 3 is 2.90 bits per heavy atom. The van der Waals surface area contributed by atoms with Gasteiger partial charge in [0.05, 0.1) is 13.2 Å². The number of rotatable bonds is 2. The fourth-order valence-corrected chi connectivity index (χ4v) is 2.85. The van der Waals surface area contributed by atoms with Crippen LogP contribution in [0.5, 0.6) is 11.5 Å². The summed E-state index contributed by atoms with van der Waals surface area (Å²) < 4.78 is 11.5. The van der Waals surface area contributed by atoms with Gasteiger partial charge in [0, 0.05) is 37.3 Å². The Hall–Kier alpha value is -1.42. The van der Waals surface area contributed by atoms with Gasteiger partial charge < -0.3 is 19.7 Å². The van der Waals surface area contributed by atoms with Crippen LogP contribution in [0.25, 0.3) is 0 Å². The lowest BCUT2D eigenvalue weighted by molar-refractivity contribution is 0.297. The zero-order chi connectivity index (χ0) is 13.8. The molecule has 1 aromatic rings. The van der Waals surface area contributed by atoms with Gasteiger partial charge in [0.2, 0.25) is 0 Å². The van der Waals surface area contributed by atoms with Crippen molar-refractivity contribution in [1.29, 1.82) is 0 Å². The van der Waals surface area contributed by atoms with E-state index in [0.717, 1.165) is 50.8 Å². The highest BCUT2D eigenvalue weighted by Gasteiger charge is 2.18. The third-order valence-corrected chi connectivity index (χ3v) is 4.07. The molecule has 110 valence electrons. The van der Waals surface area contributed by atoms with Gasteiger partial charge in [-0.3, -0.25) is 0 Å². The molecular weight excluding hydrogens is 252 g/mol. The zero-order valence-corrected chi connectivity index (χ0v) is 12.2. The first-order valence-corrected chi connectivity index (χ1v) is 7.75. The highest BCUT2D eigenvalue weighted by atomic mass is 16.5. The Balaban J connectivity index is 1.80. The monoisotopic (exact) mass is 276 g/mol. The summed E-state index contributed by atoms with van der Waals surface area (Å²) in [6, 6.07) is 6.92. The summed E-state index contributed by atoms with van der Waals surface area (Å²) in [7, 11) is 0. The van der Waals surface area contributed by atoms with Gasteiger partial charge in [-0.15, -0.1) is 0 Å². The topological polar surface area (TPSA) is 33.7 Å². The number of hydrogen-bond donors (Lipinski definition) is 1. The van der Waals surface area contributed by atoms with Crippen LogP contribution in [0.2, 0.25) is 0 Å². The fraction of sp³-hybridized carbons (Fsp3) is 0.625. The van der Waals surface area contributed by atoms with Crippen LogP contribution in [-0.2, 0) is 0 Å². The SMILES string of the molecule is CCC1CN(c2ccc3c(c2)OCCCO3)CCCN1. The van der Waals surface area contributed by atoms with Crippen LogP contribution in [0.3, 0.4) is 0 Å². The smallest absolute Gasteiger partial charge is 0.163 e. The molecular formula is C16H24N2O2.